The van der Waals surface area contributed by atoms with Gasteiger partial charge in [0.2, 0.25) is 5.91 Å². The highest BCUT2D eigenvalue weighted by molar-refractivity contribution is 9.10. The molecule has 6 nitrogen and oxygen atoms in total. The number of carbonyl (C=O) groups excluding carboxylic acids is 2. The van der Waals surface area contributed by atoms with Gasteiger partial charge >= 0.3 is 6.03 Å². The van der Waals surface area contributed by atoms with Crippen molar-refractivity contribution >= 4 is 46.0 Å². The number of amides is 3. The van der Waals surface area contributed by atoms with E-state index in [0.29, 0.717) is 24.6 Å². The van der Waals surface area contributed by atoms with E-state index in [1.165, 1.54) is 6.42 Å². The van der Waals surface area contributed by atoms with Crippen LogP contribution in [0.15, 0.2) is 28.7 Å². The summed E-state index contributed by atoms with van der Waals surface area (Å²) >= 11 is 3.35. The molecule has 1 aromatic rings. The van der Waals surface area contributed by atoms with E-state index in [4.69, 9.17) is 0 Å². The van der Waals surface area contributed by atoms with Gasteiger partial charge in [0, 0.05) is 36.2 Å². The summed E-state index contributed by atoms with van der Waals surface area (Å²) in [4.78, 5) is 26.0. The van der Waals surface area contributed by atoms with Crippen molar-refractivity contribution in [1.82, 2.24) is 15.5 Å². The van der Waals surface area contributed by atoms with E-state index >= 15 is 0 Å². The molecule has 0 spiro atoms. The van der Waals surface area contributed by atoms with Crippen LogP contribution in [0, 0.1) is 5.92 Å². The Balaban J connectivity index is 0.00000312. The molecule has 0 saturated carbocycles. The minimum absolute atomic E-state index is 0. The van der Waals surface area contributed by atoms with E-state index in [1.807, 2.05) is 36.2 Å². The highest BCUT2D eigenvalue weighted by atomic mass is 79.9. The van der Waals surface area contributed by atoms with Crippen molar-refractivity contribution in [3.8, 4) is 0 Å². The highest BCUT2D eigenvalue weighted by Gasteiger charge is 2.22. The maximum Gasteiger partial charge on any atom is 0.319 e. The zero-order valence-corrected chi connectivity index (χ0v) is 16.8. The number of urea groups is 1. The van der Waals surface area contributed by atoms with Crippen LogP contribution in [-0.2, 0) is 4.79 Å². The Kier molecular flexibility index (Phi) is 9.85. The lowest BCUT2D eigenvalue weighted by Gasteiger charge is -2.32. The first kappa shape index (κ1) is 21.7. The molecule has 1 aliphatic heterocycles. The molecule has 2 rings (SSSR count). The summed E-state index contributed by atoms with van der Waals surface area (Å²) in [5.74, 6) is 0.640. The third-order valence-corrected chi connectivity index (χ3v) is 4.62. The summed E-state index contributed by atoms with van der Waals surface area (Å²) in [6.45, 7) is 2.92. The van der Waals surface area contributed by atoms with Crippen LogP contribution in [0.5, 0.6) is 0 Å². The third-order valence-electron chi connectivity index (χ3n) is 4.09. The molecule has 0 bridgehead atoms. The fraction of sp³-hybridized carbons (Fsp3) is 0.529. The standard InChI is InChI=1S/C17H25BrN4O2.ClH/c1-19-11-13-3-2-10-22(12-13)16(23)8-9-20-17(24)21-15-6-4-14(18)5-7-15;/h4-7,13,19H,2-3,8-12H2,1H3,(H2,20,21,24);1H. The number of nitrogens with zero attached hydrogens (tertiary/aromatic N) is 1. The Morgan fingerprint density at radius 1 is 1.28 bits per heavy atom. The first-order valence-corrected chi connectivity index (χ1v) is 9.10. The molecule has 140 valence electrons. The molecule has 1 atom stereocenters. The maximum absolute atomic E-state index is 12.3. The van der Waals surface area contributed by atoms with Crippen LogP contribution in [0.4, 0.5) is 10.5 Å². The second-order valence-electron chi connectivity index (χ2n) is 6.04. The molecule has 1 saturated heterocycles. The fourth-order valence-corrected chi connectivity index (χ4v) is 3.16. The summed E-state index contributed by atoms with van der Waals surface area (Å²) < 4.78 is 0.956. The second-order valence-corrected chi connectivity index (χ2v) is 6.96. The normalized spacial score (nSPS) is 16.7. The Labute approximate surface area is 163 Å². The summed E-state index contributed by atoms with van der Waals surface area (Å²) in [6.07, 6.45) is 2.55. The minimum atomic E-state index is -0.295. The van der Waals surface area contributed by atoms with Crippen molar-refractivity contribution in [2.24, 2.45) is 5.92 Å². The Hall–Kier alpha value is -1.31. The van der Waals surface area contributed by atoms with Crippen molar-refractivity contribution in [3.63, 3.8) is 0 Å². The van der Waals surface area contributed by atoms with E-state index in [1.54, 1.807) is 0 Å². The van der Waals surface area contributed by atoms with Crippen LogP contribution >= 0.6 is 28.3 Å². The Morgan fingerprint density at radius 3 is 2.68 bits per heavy atom. The average molecular weight is 434 g/mol. The lowest BCUT2D eigenvalue weighted by Crippen LogP contribution is -2.43. The molecule has 1 heterocycles. The number of benzene rings is 1. The second kappa shape index (κ2) is 11.3. The Morgan fingerprint density at radius 2 is 2.00 bits per heavy atom. The van der Waals surface area contributed by atoms with Crippen LogP contribution in [0.25, 0.3) is 0 Å². The van der Waals surface area contributed by atoms with Gasteiger partial charge in [-0.15, -0.1) is 12.4 Å². The van der Waals surface area contributed by atoms with Gasteiger partial charge in [0.05, 0.1) is 0 Å². The van der Waals surface area contributed by atoms with Crippen LogP contribution in [0.3, 0.4) is 0 Å². The first-order chi connectivity index (χ1) is 11.6. The Bertz CT molecular complexity index is 554. The minimum Gasteiger partial charge on any atom is -0.342 e. The lowest BCUT2D eigenvalue weighted by atomic mass is 9.98. The van der Waals surface area contributed by atoms with Gasteiger partial charge < -0.3 is 20.9 Å². The van der Waals surface area contributed by atoms with Gasteiger partial charge in [0.25, 0.3) is 0 Å². The number of likely N-dealkylation sites (tertiary alicyclic amines) is 1. The molecule has 0 radical (unpaired) electrons. The maximum atomic E-state index is 12.3. The number of carbonyl (C=O) groups is 2. The first-order valence-electron chi connectivity index (χ1n) is 8.31. The van der Waals surface area contributed by atoms with E-state index < -0.39 is 0 Å². The van der Waals surface area contributed by atoms with Crippen molar-refractivity contribution in [2.75, 3.05) is 38.5 Å². The molecule has 0 aliphatic carbocycles. The molecular weight excluding hydrogens is 408 g/mol. The van der Waals surface area contributed by atoms with Crippen LogP contribution in [-0.4, -0.2) is 50.1 Å². The number of hydrogen-bond acceptors (Lipinski definition) is 3. The molecule has 25 heavy (non-hydrogen) atoms. The molecule has 8 heteroatoms. The van der Waals surface area contributed by atoms with Crippen LogP contribution in [0.2, 0.25) is 0 Å². The van der Waals surface area contributed by atoms with Gasteiger partial charge in [-0.05, 0) is 56.6 Å². The predicted molar refractivity (Wildman–Crippen MR) is 106 cm³/mol. The summed E-state index contributed by atoms with van der Waals surface area (Å²) in [7, 11) is 1.94. The van der Waals surface area contributed by atoms with Crippen molar-refractivity contribution in [1.29, 1.82) is 0 Å². The van der Waals surface area contributed by atoms with Gasteiger partial charge in [-0.3, -0.25) is 4.79 Å². The fourth-order valence-electron chi connectivity index (χ4n) is 2.90. The number of halogens is 2. The quantitative estimate of drug-likeness (QED) is 0.646. The monoisotopic (exact) mass is 432 g/mol. The van der Waals surface area contributed by atoms with Gasteiger partial charge in [-0.25, -0.2) is 4.79 Å². The predicted octanol–water partition coefficient (Wildman–Crippen LogP) is 2.84. The van der Waals surface area contributed by atoms with Crippen LogP contribution < -0.4 is 16.0 Å². The zero-order valence-electron chi connectivity index (χ0n) is 14.4. The molecule has 1 aliphatic rings. The topological polar surface area (TPSA) is 73.5 Å². The lowest BCUT2D eigenvalue weighted by molar-refractivity contribution is -0.132. The summed E-state index contributed by atoms with van der Waals surface area (Å²) in [6, 6.07) is 7.04. The number of rotatable bonds is 6. The van der Waals surface area contributed by atoms with Gasteiger partial charge in [-0.2, -0.15) is 0 Å². The molecule has 0 aromatic heterocycles. The molecule has 3 amide bonds. The smallest absolute Gasteiger partial charge is 0.319 e. The average Bonchev–Trinajstić information content (AvgIpc) is 2.57. The summed E-state index contributed by atoms with van der Waals surface area (Å²) in [5.41, 5.74) is 0.716. The molecule has 3 N–H and O–H groups in total. The molecule has 1 fully saturated rings. The number of anilines is 1. The van der Waals surface area contributed by atoms with E-state index in [9.17, 15) is 9.59 Å². The van der Waals surface area contributed by atoms with Crippen LogP contribution in [0.1, 0.15) is 19.3 Å². The number of piperidine rings is 1. The van der Waals surface area contributed by atoms with Gasteiger partial charge in [0.15, 0.2) is 0 Å². The van der Waals surface area contributed by atoms with Crippen molar-refractivity contribution < 1.29 is 9.59 Å². The van der Waals surface area contributed by atoms with E-state index in [-0.39, 0.29) is 24.3 Å². The van der Waals surface area contributed by atoms with Crippen molar-refractivity contribution in [3.05, 3.63) is 28.7 Å². The largest absolute Gasteiger partial charge is 0.342 e. The number of nitrogens with one attached hydrogen (secondary N) is 3. The SMILES string of the molecule is CNCC1CCCN(C(=O)CCNC(=O)Nc2ccc(Br)cc2)C1.Cl. The molecular formula is C17H26BrClN4O2. The van der Waals surface area contributed by atoms with Gasteiger partial charge in [0.1, 0.15) is 0 Å². The van der Waals surface area contributed by atoms with E-state index in [0.717, 1.165) is 30.5 Å². The van der Waals surface area contributed by atoms with Gasteiger partial charge in [-0.1, -0.05) is 15.9 Å². The molecule has 1 aromatic carbocycles. The zero-order chi connectivity index (χ0) is 17.4. The molecule has 1 unspecified atom stereocenters. The van der Waals surface area contributed by atoms with Crippen molar-refractivity contribution in [2.45, 2.75) is 19.3 Å². The summed E-state index contributed by atoms with van der Waals surface area (Å²) in [5, 5.41) is 8.65. The third kappa shape index (κ3) is 7.63. The number of hydrogen-bond donors (Lipinski definition) is 3. The highest BCUT2D eigenvalue weighted by Crippen LogP contribution is 2.16. The van der Waals surface area contributed by atoms with E-state index in [2.05, 4.69) is 31.9 Å².